The summed E-state index contributed by atoms with van der Waals surface area (Å²) in [6.45, 7) is 10.9. The lowest BCUT2D eigenvalue weighted by Gasteiger charge is -2.18. The Morgan fingerprint density at radius 1 is 1.39 bits per heavy atom. The van der Waals surface area contributed by atoms with Crippen molar-refractivity contribution in [2.24, 2.45) is 0 Å². The van der Waals surface area contributed by atoms with Gasteiger partial charge in [-0.1, -0.05) is 45.9 Å². The van der Waals surface area contributed by atoms with Crippen molar-refractivity contribution in [2.75, 3.05) is 6.61 Å². The minimum absolute atomic E-state index is 0.499. The Balaban J connectivity index is 3.06. The molecule has 0 aliphatic heterocycles. The molecule has 0 unspecified atom stereocenters. The van der Waals surface area contributed by atoms with Crippen LogP contribution in [0.5, 0.6) is 5.75 Å². The summed E-state index contributed by atoms with van der Waals surface area (Å²) in [4.78, 5) is 0. The summed E-state index contributed by atoms with van der Waals surface area (Å²) in [5, 5.41) is 0. The molecular formula is C16H23BrO. The first-order chi connectivity index (χ1) is 8.61. The van der Waals surface area contributed by atoms with Crippen LogP contribution in [0.2, 0.25) is 0 Å². The van der Waals surface area contributed by atoms with E-state index < -0.39 is 0 Å². The normalized spacial score (nSPS) is 10.7. The number of hydrogen-bond acceptors (Lipinski definition) is 1. The van der Waals surface area contributed by atoms with Crippen LogP contribution in [-0.4, -0.2) is 6.61 Å². The van der Waals surface area contributed by atoms with Crippen LogP contribution in [0.15, 0.2) is 29.3 Å². The Morgan fingerprint density at radius 2 is 2.11 bits per heavy atom. The quantitative estimate of drug-likeness (QED) is 0.606. The van der Waals surface area contributed by atoms with Gasteiger partial charge in [-0.2, -0.15) is 0 Å². The molecule has 0 saturated heterocycles. The van der Waals surface area contributed by atoms with Crippen LogP contribution < -0.4 is 4.74 Å². The molecule has 0 bridgehead atoms. The van der Waals surface area contributed by atoms with Gasteiger partial charge in [0.15, 0.2) is 0 Å². The van der Waals surface area contributed by atoms with Crippen molar-refractivity contribution in [3.8, 4) is 5.75 Å². The lowest BCUT2D eigenvalue weighted by molar-refractivity contribution is 0.360. The molecule has 0 spiro atoms. The van der Waals surface area contributed by atoms with Gasteiger partial charge in [0.25, 0.3) is 0 Å². The molecule has 2 heteroatoms. The molecular weight excluding hydrogens is 288 g/mol. The lowest BCUT2D eigenvalue weighted by atomic mass is 9.94. The van der Waals surface area contributed by atoms with Crippen molar-refractivity contribution >= 4 is 15.9 Å². The number of ether oxygens (including phenoxy) is 1. The number of rotatable bonds is 7. The summed E-state index contributed by atoms with van der Waals surface area (Å²) >= 11 is 3.70. The van der Waals surface area contributed by atoms with Crippen LogP contribution in [0, 0.1) is 0 Å². The van der Waals surface area contributed by atoms with Crippen molar-refractivity contribution in [1.82, 2.24) is 0 Å². The molecule has 0 saturated carbocycles. The highest BCUT2D eigenvalue weighted by molar-refractivity contribution is 9.10. The van der Waals surface area contributed by atoms with Crippen LogP contribution in [-0.2, 0) is 6.42 Å². The summed E-state index contributed by atoms with van der Waals surface area (Å²) in [7, 11) is 0. The molecule has 1 nitrogen and oxygen atoms in total. The molecule has 0 aromatic heterocycles. The van der Waals surface area contributed by atoms with Crippen LogP contribution in [0.4, 0.5) is 0 Å². The Bertz CT molecular complexity index is 396. The van der Waals surface area contributed by atoms with E-state index in [1.54, 1.807) is 6.08 Å². The molecule has 100 valence electrons. The molecule has 0 N–H and O–H groups in total. The first kappa shape index (κ1) is 15.3. The van der Waals surface area contributed by atoms with Gasteiger partial charge >= 0.3 is 0 Å². The summed E-state index contributed by atoms with van der Waals surface area (Å²) in [5.74, 6) is 1.41. The van der Waals surface area contributed by atoms with Gasteiger partial charge in [-0.05, 0) is 51.9 Å². The topological polar surface area (TPSA) is 9.23 Å². The van der Waals surface area contributed by atoms with Gasteiger partial charge < -0.3 is 4.74 Å². The molecule has 0 fully saturated rings. The zero-order valence-electron chi connectivity index (χ0n) is 11.6. The number of hydrogen-bond donors (Lipinski definition) is 0. The molecule has 0 aliphatic carbocycles. The minimum atomic E-state index is 0.499. The third kappa shape index (κ3) is 3.88. The third-order valence-electron chi connectivity index (χ3n) is 2.97. The predicted molar refractivity (Wildman–Crippen MR) is 82.5 cm³/mol. The Labute approximate surface area is 119 Å². The van der Waals surface area contributed by atoms with Gasteiger partial charge in [0.1, 0.15) is 12.4 Å². The average Bonchev–Trinajstić information content (AvgIpc) is 2.34. The van der Waals surface area contributed by atoms with E-state index in [1.165, 1.54) is 24.0 Å². The van der Waals surface area contributed by atoms with E-state index >= 15 is 0 Å². The van der Waals surface area contributed by atoms with Crippen molar-refractivity contribution in [1.29, 1.82) is 0 Å². The molecule has 1 aromatic rings. The van der Waals surface area contributed by atoms with Gasteiger partial charge in [-0.3, -0.25) is 0 Å². The van der Waals surface area contributed by atoms with Gasteiger partial charge in [0.05, 0.1) is 4.47 Å². The second kappa shape index (κ2) is 7.63. The van der Waals surface area contributed by atoms with E-state index in [9.17, 15) is 0 Å². The van der Waals surface area contributed by atoms with Gasteiger partial charge in [0.2, 0.25) is 0 Å². The first-order valence-corrected chi connectivity index (χ1v) is 7.46. The smallest absolute Gasteiger partial charge is 0.134 e. The van der Waals surface area contributed by atoms with Crippen LogP contribution in [0.3, 0.4) is 0 Å². The van der Waals surface area contributed by atoms with E-state index in [4.69, 9.17) is 4.74 Å². The second-order valence-corrected chi connectivity index (χ2v) is 5.60. The molecule has 18 heavy (non-hydrogen) atoms. The monoisotopic (exact) mass is 310 g/mol. The Hall–Kier alpha value is -0.760. The van der Waals surface area contributed by atoms with E-state index in [0.717, 1.165) is 16.6 Å². The molecule has 1 rings (SSSR count). The van der Waals surface area contributed by atoms with Crippen molar-refractivity contribution in [2.45, 2.75) is 46.0 Å². The van der Waals surface area contributed by atoms with Crippen molar-refractivity contribution in [3.63, 3.8) is 0 Å². The highest BCUT2D eigenvalue weighted by Gasteiger charge is 2.14. The number of unbranched alkanes of at least 4 members (excludes halogenated alkanes) is 1. The minimum Gasteiger partial charge on any atom is -0.488 e. The Kier molecular flexibility index (Phi) is 6.48. The number of aryl methyl sites for hydroxylation is 1. The molecule has 0 aliphatic rings. The Morgan fingerprint density at radius 3 is 2.67 bits per heavy atom. The van der Waals surface area contributed by atoms with Crippen LogP contribution in [0.1, 0.15) is 50.7 Å². The highest BCUT2D eigenvalue weighted by Crippen LogP contribution is 2.36. The molecule has 0 amide bonds. The molecule has 0 atom stereocenters. The first-order valence-electron chi connectivity index (χ1n) is 6.66. The van der Waals surface area contributed by atoms with E-state index in [1.807, 2.05) is 0 Å². The van der Waals surface area contributed by atoms with Crippen LogP contribution in [0.25, 0.3) is 0 Å². The highest BCUT2D eigenvalue weighted by atomic mass is 79.9. The van der Waals surface area contributed by atoms with E-state index in [-0.39, 0.29) is 0 Å². The van der Waals surface area contributed by atoms with Crippen LogP contribution >= 0.6 is 15.9 Å². The SMILES string of the molecule is C=CCOc1ccc(CCCC)c(C(C)C)c1Br. The predicted octanol–water partition coefficient (Wildman–Crippen LogP) is 5.48. The standard InChI is InChI=1S/C16H23BrO/c1-5-7-8-13-9-10-14(18-11-6-2)16(17)15(13)12(3)4/h6,9-10,12H,2,5,7-8,11H2,1,3-4H3. The fraction of sp³-hybridized carbons (Fsp3) is 0.500. The maximum Gasteiger partial charge on any atom is 0.134 e. The zero-order chi connectivity index (χ0) is 13.5. The third-order valence-corrected chi connectivity index (χ3v) is 3.79. The molecule has 0 heterocycles. The maximum absolute atomic E-state index is 5.67. The zero-order valence-corrected chi connectivity index (χ0v) is 13.2. The van der Waals surface area contributed by atoms with E-state index in [2.05, 4.69) is 55.4 Å². The fourth-order valence-electron chi connectivity index (χ4n) is 2.08. The lowest BCUT2D eigenvalue weighted by Crippen LogP contribution is -2.02. The van der Waals surface area contributed by atoms with Gasteiger partial charge in [-0.15, -0.1) is 0 Å². The molecule has 1 aromatic carbocycles. The number of halogens is 1. The summed E-state index contributed by atoms with van der Waals surface area (Å²) < 4.78 is 6.78. The fourth-order valence-corrected chi connectivity index (χ4v) is 3.04. The largest absolute Gasteiger partial charge is 0.488 e. The molecule has 0 radical (unpaired) electrons. The number of benzene rings is 1. The van der Waals surface area contributed by atoms with Gasteiger partial charge in [-0.25, -0.2) is 0 Å². The van der Waals surface area contributed by atoms with E-state index in [0.29, 0.717) is 12.5 Å². The van der Waals surface area contributed by atoms with Crippen molar-refractivity contribution in [3.05, 3.63) is 40.4 Å². The maximum atomic E-state index is 5.67. The summed E-state index contributed by atoms with van der Waals surface area (Å²) in [6, 6.07) is 4.26. The summed E-state index contributed by atoms with van der Waals surface area (Å²) in [6.07, 6.45) is 5.37. The van der Waals surface area contributed by atoms with Gasteiger partial charge in [0, 0.05) is 0 Å². The average molecular weight is 311 g/mol. The summed E-state index contributed by atoms with van der Waals surface area (Å²) in [5.41, 5.74) is 2.81. The second-order valence-electron chi connectivity index (χ2n) is 4.81. The van der Waals surface area contributed by atoms with Crippen molar-refractivity contribution < 1.29 is 4.74 Å².